The Morgan fingerprint density at radius 3 is 2.68 bits per heavy atom. The van der Waals surface area contributed by atoms with Crippen LogP contribution in [0, 0.1) is 0 Å². The van der Waals surface area contributed by atoms with Crippen molar-refractivity contribution in [2.45, 2.75) is 26.8 Å². The van der Waals surface area contributed by atoms with Gasteiger partial charge in [0.25, 0.3) is 0 Å². The molecule has 0 aliphatic heterocycles. The number of nitrogens with zero attached hydrogens (tertiary/aromatic N) is 2. The Morgan fingerprint density at radius 2 is 2.16 bits per heavy atom. The molecule has 2 aromatic heterocycles. The fourth-order valence-electron chi connectivity index (χ4n) is 1.90. The normalized spacial score (nSPS) is 10.4. The minimum Gasteiger partial charge on any atom is -0.365 e. The van der Waals surface area contributed by atoms with Crippen LogP contribution in [0.5, 0.6) is 0 Å². The van der Waals surface area contributed by atoms with Crippen LogP contribution >= 0.6 is 11.3 Å². The second-order valence-electron chi connectivity index (χ2n) is 4.27. The van der Waals surface area contributed by atoms with Gasteiger partial charge in [0.2, 0.25) is 0 Å². The first-order chi connectivity index (χ1) is 9.24. The van der Waals surface area contributed by atoms with Gasteiger partial charge in [0.1, 0.15) is 5.69 Å². The molecular formula is C15H18N2OS. The summed E-state index contributed by atoms with van der Waals surface area (Å²) in [5.74, 6) is 0.0906. The summed E-state index contributed by atoms with van der Waals surface area (Å²) >= 11 is 1.76. The van der Waals surface area contributed by atoms with E-state index in [2.05, 4.69) is 34.3 Å². The largest absolute Gasteiger partial charge is 0.365 e. The van der Waals surface area contributed by atoms with Crippen molar-refractivity contribution in [3.8, 4) is 0 Å². The number of hydrogen-bond donors (Lipinski definition) is 0. The molecule has 0 atom stereocenters. The Labute approximate surface area is 117 Å². The standard InChI is InChI=1S/C15H18N2OS/c1-3-15(18)14-8-7-12(10-16-14)17(4-2)11-13-6-5-9-19-13/h5-10H,3-4,11H2,1-2H3. The molecule has 0 bridgehead atoms. The highest BCUT2D eigenvalue weighted by atomic mass is 32.1. The van der Waals surface area contributed by atoms with Crippen molar-refractivity contribution in [2.24, 2.45) is 0 Å². The maximum Gasteiger partial charge on any atom is 0.180 e. The van der Waals surface area contributed by atoms with Crippen molar-refractivity contribution in [1.29, 1.82) is 0 Å². The summed E-state index contributed by atoms with van der Waals surface area (Å²) in [7, 11) is 0. The molecule has 100 valence electrons. The van der Waals surface area contributed by atoms with E-state index in [1.807, 2.05) is 19.1 Å². The van der Waals surface area contributed by atoms with E-state index in [9.17, 15) is 4.79 Å². The molecule has 0 spiro atoms. The average molecular weight is 274 g/mol. The van der Waals surface area contributed by atoms with Gasteiger partial charge < -0.3 is 4.90 Å². The minimum atomic E-state index is 0.0906. The van der Waals surface area contributed by atoms with Crippen LogP contribution in [0.15, 0.2) is 35.8 Å². The predicted molar refractivity (Wildman–Crippen MR) is 79.9 cm³/mol. The van der Waals surface area contributed by atoms with Crippen molar-refractivity contribution < 1.29 is 4.79 Å². The first kappa shape index (κ1) is 13.7. The minimum absolute atomic E-state index is 0.0906. The molecule has 0 amide bonds. The fourth-order valence-corrected chi connectivity index (χ4v) is 2.61. The monoisotopic (exact) mass is 274 g/mol. The van der Waals surface area contributed by atoms with Crippen LogP contribution in [-0.4, -0.2) is 17.3 Å². The molecule has 0 saturated heterocycles. The smallest absolute Gasteiger partial charge is 0.180 e. The van der Waals surface area contributed by atoms with Crippen LogP contribution in [0.1, 0.15) is 35.6 Å². The zero-order valence-electron chi connectivity index (χ0n) is 11.3. The summed E-state index contributed by atoms with van der Waals surface area (Å²) in [6.45, 7) is 5.78. The van der Waals surface area contributed by atoms with Gasteiger partial charge in [-0.1, -0.05) is 13.0 Å². The van der Waals surface area contributed by atoms with E-state index in [1.54, 1.807) is 17.5 Å². The van der Waals surface area contributed by atoms with Crippen molar-refractivity contribution in [3.63, 3.8) is 0 Å². The Kier molecular flexibility index (Phi) is 4.68. The van der Waals surface area contributed by atoms with Gasteiger partial charge in [-0.3, -0.25) is 9.78 Å². The number of hydrogen-bond acceptors (Lipinski definition) is 4. The van der Waals surface area contributed by atoms with Gasteiger partial charge in [-0.05, 0) is 30.5 Å². The van der Waals surface area contributed by atoms with E-state index in [1.165, 1.54) is 4.88 Å². The Bertz CT molecular complexity index is 520. The van der Waals surface area contributed by atoms with Crippen molar-refractivity contribution in [3.05, 3.63) is 46.4 Å². The molecule has 2 aromatic rings. The molecule has 0 radical (unpaired) electrons. The molecule has 3 nitrogen and oxygen atoms in total. The van der Waals surface area contributed by atoms with Crippen molar-refractivity contribution in [2.75, 3.05) is 11.4 Å². The third kappa shape index (κ3) is 3.41. The quantitative estimate of drug-likeness (QED) is 0.752. The maximum absolute atomic E-state index is 11.5. The van der Waals surface area contributed by atoms with Gasteiger partial charge in [-0.25, -0.2) is 0 Å². The number of Topliss-reactive ketones (excluding diaryl/α,β-unsaturated/α-hetero) is 1. The Balaban J connectivity index is 2.12. The van der Waals surface area contributed by atoms with Crippen LogP contribution in [0.4, 0.5) is 5.69 Å². The lowest BCUT2D eigenvalue weighted by Crippen LogP contribution is -2.21. The van der Waals surface area contributed by atoms with Gasteiger partial charge in [-0.2, -0.15) is 0 Å². The molecule has 0 saturated carbocycles. The molecule has 0 aliphatic rings. The number of thiophene rings is 1. The van der Waals surface area contributed by atoms with E-state index in [0.29, 0.717) is 12.1 Å². The maximum atomic E-state index is 11.5. The molecule has 2 heterocycles. The molecule has 0 aliphatic carbocycles. The topological polar surface area (TPSA) is 33.2 Å². The fraction of sp³-hybridized carbons (Fsp3) is 0.333. The van der Waals surface area contributed by atoms with Gasteiger partial charge in [0, 0.05) is 17.8 Å². The molecule has 4 heteroatoms. The summed E-state index contributed by atoms with van der Waals surface area (Å²) in [5.41, 5.74) is 1.61. The van der Waals surface area contributed by atoms with Crippen LogP contribution in [0.3, 0.4) is 0 Å². The highest BCUT2D eigenvalue weighted by Gasteiger charge is 2.09. The van der Waals surface area contributed by atoms with Crippen LogP contribution in [0.25, 0.3) is 0 Å². The summed E-state index contributed by atoms with van der Waals surface area (Å²) < 4.78 is 0. The number of carbonyl (C=O) groups excluding carboxylic acids is 1. The number of carbonyl (C=O) groups is 1. The number of pyridine rings is 1. The molecule has 19 heavy (non-hydrogen) atoms. The predicted octanol–water partition coefficient (Wildman–Crippen LogP) is 3.76. The van der Waals surface area contributed by atoms with E-state index in [-0.39, 0.29) is 5.78 Å². The van der Waals surface area contributed by atoms with Crippen molar-refractivity contribution in [1.82, 2.24) is 4.98 Å². The lowest BCUT2D eigenvalue weighted by molar-refractivity contribution is 0.0983. The van der Waals surface area contributed by atoms with Gasteiger partial charge in [0.05, 0.1) is 18.4 Å². The second kappa shape index (κ2) is 6.48. The lowest BCUT2D eigenvalue weighted by atomic mass is 10.2. The molecule has 0 aromatic carbocycles. The Morgan fingerprint density at radius 1 is 1.32 bits per heavy atom. The third-order valence-electron chi connectivity index (χ3n) is 3.03. The molecular weight excluding hydrogens is 256 g/mol. The summed E-state index contributed by atoms with van der Waals surface area (Å²) in [5, 5.41) is 2.09. The van der Waals surface area contributed by atoms with Crippen molar-refractivity contribution >= 4 is 22.8 Å². The van der Waals surface area contributed by atoms with E-state index in [0.717, 1.165) is 18.8 Å². The van der Waals surface area contributed by atoms with Crippen LogP contribution in [-0.2, 0) is 6.54 Å². The van der Waals surface area contributed by atoms with Gasteiger partial charge in [-0.15, -0.1) is 11.3 Å². The van der Waals surface area contributed by atoms with Crippen LogP contribution < -0.4 is 4.90 Å². The highest BCUT2D eigenvalue weighted by molar-refractivity contribution is 7.09. The zero-order valence-corrected chi connectivity index (χ0v) is 12.1. The van der Waals surface area contributed by atoms with E-state index in [4.69, 9.17) is 0 Å². The third-order valence-corrected chi connectivity index (χ3v) is 3.89. The zero-order chi connectivity index (χ0) is 13.7. The van der Waals surface area contributed by atoms with Gasteiger partial charge >= 0.3 is 0 Å². The average Bonchev–Trinajstić information content (AvgIpc) is 2.97. The van der Waals surface area contributed by atoms with Crippen LogP contribution in [0.2, 0.25) is 0 Å². The number of aromatic nitrogens is 1. The number of rotatable bonds is 6. The summed E-state index contributed by atoms with van der Waals surface area (Å²) in [4.78, 5) is 19.4. The first-order valence-electron chi connectivity index (χ1n) is 6.51. The Hall–Kier alpha value is -1.68. The summed E-state index contributed by atoms with van der Waals surface area (Å²) in [6, 6.07) is 8.00. The molecule has 2 rings (SSSR count). The lowest BCUT2D eigenvalue weighted by Gasteiger charge is -2.22. The number of anilines is 1. The second-order valence-corrected chi connectivity index (χ2v) is 5.30. The molecule has 0 fully saturated rings. The first-order valence-corrected chi connectivity index (χ1v) is 7.39. The summed E-state index contributed by atoms with van der Waals surface area (Å²) in [6.07, 6.45) is 2.29. The highest BCUT2D eigenvalue weighted by Crippen LogP contribution is 2.19. The molecule has 0 unspecified atom stereocenters. The number of ketones is 1. The van der Waals surface area contributed by atoms with Gasteiger partial charge in [0.15, 0.2) is 5.78 Å². The molecule has 0 N–H and O–H groups in total. The SMILES string of the molecule is CCC(=O)c1ccc(N(CC)Cc2cccs2)cn1. The van der Waals surface area contributed by atoms with E-state index >= 15 is 0 Å². The van der Waals surface area contributed by atoms with E-state index < -0.39 is 0 Å².